The van der Waals surface area contributed by atoms with E-state index in [1.54, 1.807) is 30.8 Å². The van der Waals surface area contributed by atoms with E-state index in [9.17, 15) is 4.79 Å². The van der Waals surface area contributed by atoms with Crippen molar-refractivity contribution in [3.63, 3.8) is 0 Å². The van der Waals surface area contributed by atoms with Crippen LogP contribution in [0.25, 0.3) is 6.08 Å². The van der Waals surface area contributed by atoms with E-state index in [4.69, 9.17) is 4.74 Å². The van der Waals surface area contributed by atoms with Gasteiger partial charge in [0, 0.05) is 24.9 Å². The summed E-state index contributed by atoms with van der Waals surface area (Å²) in [7, 11) is 0. The van der Waals surface area contributed by atoms with E-state index < -0.39 is 0 Å². The van der Waals surface area contributed by atoms with Gasteiger partial charge in [0.15, 0.2) is 0 Å². The predicted octanol–water partition coefficient (Wildman–Crippen LogP) is 2.05. The minimum atomic E-state index is -0.104. The van der Waals surface area contributed by atoms with E-state index in [-0.39, 0.29) is 5.91 Å². The Kier molecular flexibility index (Phi) is 4.34. The molecule has 15 heavy (non-hydrogen) atoms. The molecule has 0 aliphatic carbocycles. The summed E-state index contributed by atoms with van der Waals surface area (Å²) in [5, 5.41) is 2.71. The van der Waals surface area contributed by atoms with Gasteiger partial charge in [0.2, 0.25) is 5.91 Å². The fourth-order valence-electron chi connectivity index (χ4n) is 1.06. The Hall–Kier alpha value is -1.84. The average molecular weight is 206 g/mol. The van der Waals surface area contributed by atoms with Gasteiger partial charge in [0.1, 0.15) is 0 Å². The summed E-state index contributed by atoms with van der Waals surface area (Å²) < 4.78 is 5.08. The number of rotatable bonds is 4. The van der Waals surface area contributed by atoms with E-state index in [0.29, 0.717) is 6.61 Å². The van der Waals surface area contributed by atoms with Crippen LogP contribution in [-0.2, 0) is 9.53 Å². The van der Waals surface area contributed by atoms with Gasteiger partial charge in [-0.15, -0.1) is 0 Å². The number of amides is 1. The van der Waals surface area contributed by atoms with Crippen LogP contribution in [0.15, 0.2) is 24.7 Å². The molecule has 0 unspecified atom stereocenters. The highest BCUT2D eigenvalue weighted by Gasteiger charge is 2.00. The number of anilines is 1. The van der Waals surface area contributed by atoms with E-state index in [2.05, 4.69) is 10.3 Å². The molecule has 4 heteroatoms. The Labute approximate surface area is 89.0 Å². The van der Waals surface area contributed by atoms with Gasteiger partial charge in [-0.3, -0.25) is 9.78 Å². The zero-order valence-electron chi connectivity index (χ0n) is 8.86. The summed E-state index contributed by atoms with van der Waals surface area (Å²) in [4.78, 5) is 14.9. The summed E-state index contributed by atoms with van der Waals surface area (Å²) in [5.41, 5.74) is 1.55. The van der Waals surface area contributed by atoms with Crippen molar-refractivity contribution in [1.82, 2.24) is 4.98 Å². The van der Waals surface area contributed by atoms with Crippen LogP contribution in [0.3, 0.4) is 0 Å². The Bertz CT molecular complexity index is 361. The fourth-order valence-corrected chi connectivity index (χ4v) is 1.06. The van der Waals surface area contributed by atoms with Crippen LogP contribution in [0.5, 0.6) is 0 Å². The molecule has 0 radical (unpaired) electrons. The molecule has 0 fully saturated rings. The third kappa shape index (κ3) is 3.81. The van der Waals surface area contributed by atoms with Gasteiger partial charge >= 0.3 is 0 Å². The number of aromatic nitrogens is 1. The summed E-state index contributed by atoms with van der Waals surface area (Å²) in [6.07, 6.45) is 6.65. The largest absolute Gasteiger partial charge is 0.501 e. The minimum Gasteiger partial charge on any atom is -0.501 e. The van der Waals surface area contributed by atoms with E-state index >= 15 is 0 Å². The second-order valence-electron chi connectivity index (χ2n) is 2.90. The summed E-state index contributed by atoms with van der Waals surface area (Å²) in [6, 6.07) is 1.74. The molecule has 0 aliphatic heterocycles. The first-order chi connectivity index (χ1) is 7.24. The molecule has 1 amide bonds. The van der Waals surface area contributed by atoms with Crippen molar-refractivity contribution >= 4 is 17.7 Å². The monoisotopic (exact) mass is 206 g/mol. The smallest absolute Gasteiger partial charge is 0.221 e. The number of carbonyl (C=O) groups is 1. The molecule has 1 N–H and O–H groups in total. The molecule has 1 aromatic rings. The van der Waals surface area contributed by atoms with Crippen molar-refractivity contribution in [2.75, 3.05) is 11.9 Å². The minimum absolute atomic E-state index is 0.104. The number of hydrogen-bond acceptors (Lipinski definition) is 3. The Morgan fingerprint density at radius 2 is 2.47 bits per heavy atom. The van der Waals surface area contributed by atoms with E-state index in [1.807, 2.05) is 6.92 Å². The zero-order chi connectivity index (χ0) is 11.1. The van der Waals surface area contributed by atoms with Gasteiger partial charge in [-0.25, -0.2) is 0 Å². The molecule has 0 aromatic carbocycles. The maximum Gasteiger partial charge on any atom is 0.221 e. The van der Waals surface area contributed by atoms with Crippen molar-refractivity contribution in [2.45, 2.75) is 13.8 Å². The van der Waals surface area contributed by atoms with E-state index in [0.717, 1.165) is 11.3 Å². The van der Waals surface area contributed by atoms with Crippen molar-refractivity contribution < 1.29 is 9.53 Å². The number of ether oxygens (including phenoxy) is 1. The summed E-state index contributed by atoms with van der Waals surface area (Å²) in [5.74, 6) is -0.104. The molecular formula is C11H14N2O2. The topological polar surface area (TPSA) is 51.2 Å². The quantitative estimate of drug-likeness (QED) is 0.767. The van der Waals surface area contributed by atoms with Crippen molar-refractivity contribution in [2.24, 2.45) is 0 Å². The zero-order valence-corrected chi connectivity index (χ0v) is 8.86. The Balaban J connectivity index is 2.81. The first kappa shape index (κ1) is 11.2. The van der Waals surface area contributed by atoms with E-state index in [1.165, 1.54) is 6.92 Å². The van der Waals surface area contributed by atoms with Crippen LogP contribution in [0.1, 0.15) is 19.4 Å². The molecule has 1 aromatic heterocycles. The van der Waals surface area contributed by atoms with Gasteiger partial charge in [0.05, 0.1) is 18.6 Å². The van der Waals surface area contributed by atoms with Crippen LogP contribution in [0, 0.1) is 0 Å². The lowest BCUT2D eigenvalue weighted by molar-refractivity contribution is -0.114. The molecular weight excluding hydrogens is 192 g/mol. The molecule has 4 nitrogen and oxygen atoms in total. The maximum absolute atomic E-state index is 10.9. The van der Waals surface area contributed by atoms with Crippen molar-refractivity contribution in [3.05, 3.63) is 30.3 Å². The van der Waals surface area contributed by atoms with Crippen LogP contribution < -0.4 is 5.32 Å². The molecule has 80 valence electrons. The number of carbonyl (C=O) groups excluding carboxylic acids is 1. The Morgan fingerprint density at radius 3 is 3.13 bits per heavy atom. The van der Waals surface area contributed by atoms with Gasteiger partial charge in [-0.2, -0.15) is 0 Å². The van der Waals surface area contributed by atoms with Crippen LogP contribution >= 0.6 is 0 Å². The molecule has 1 heterocycles. The first-order valence-corrected chi connectivity index (χ1v) is 4.73. The molecule has 0 saturated carbocycles. The lowest BCUT2D eigenvalue weighted by Gasteiger charge is -2.05. The van der Waals surface area contributed by atoms with Crippen LogP contribution in [0.2, 0.25) is 0 Å². The number of hydrogen-bond donors (Lipinski definition) is 1. The maximum atomic E-state index is 10.9. The predicted molar refractivity (Wildman–Crippen MR) is 59.2 cm³/mol. The molecule has 0 aliphatic rings. The number of pyridine rings is 1. The highest BCUT2D eigenvalue weighted by Crippen LogP contribution is 2.14. The number of nitrogens with one attached hydrogen (secondary N) is 1. The van der Waals surface area contributed by atoms with Gasteiger partial charge < -0.3 is 10.1 Å². The number of nitrogens with zero attached hydrogens (tertiary/aromatic N) is 1. The van der Waals surface area contributed by atoms with Crippen molar-refractivity contribution in [3.8, 4) is 0 Å². The Morgan fingerprint density at radius 1 is 1.67 bits per heavy atom. The molecule has 0 bridgehead atoms. The highest BCUT2D eigenvalue weighted by molar-refractivity contribution is 5.90. The molecule has 0 saturated heterocycles. The normalized spacial score (nSPS) is 10.3. The summed E-state index contributed by atoms with van der Waals surface area (Å²) >= 11 is 0. The van der Waals surface area contributed by atoms with Gasteiger partial charge in [-0.1, -0.05) is 0 Å². The lowest BCUT2D eigenvalue weighted by Crippen LogP contribution is -2.07. The molecule has 0 atom stereocenters. The van der Waals surface area contributed by atoms with Crippen LogP contribution in [-0.4, -0.2) is 17.5 Å². The standard InChI is InChI=1S/C11H14N2O2/c1-3-15-7-5-10-8-12-6-4-11(10)13-9(2)14/h4-8H,3H2,1-2H3,(H,12,13,14)/b7-5+. The lowest BCUT2D eigenvalue weighted by atomic mass is 10.2. The fraction of sp³-hybridized carbons (Fsp3) is 0.273. The molecule has 0 spiro atoms. The van der Waals surface area contributed by atoms with Gasteiger partial charge in [0.25, 0.3) is 0 Å². The van der Waals surface area contributed by atoms with Crippen LogP contribution in [0.4, 0.5) is 5.69 Å². The third-order valence-electron chi connectivity index (χ3n) is 1.67. The first-order valence-electron chi connectivity index (χ1n) is 4.73. The van der Waals surface area contributed by atoms with Gasteiger partial charge in [-0.05, 0) is 19.1 Å². The SMILES string of the molecule is CCO/C=C/c1cnccc1NC(C)=O. The van der Waals surface area contributed by atoms with Crippen molar-refractivity contribution in [1.29, 1.82) is 0 Å². The molecule has 1 rings (SSSR count). The summed E-state index contributed by atoms with van der Waals surface area (Å²) in [6.45, 7) is 3.99. The highest BCUT2D eigenvalue weighted by atomic mass is 16.5. The second-order valence-corrected chi connectivity index (χ2v) is 2.90. The average Bonchev–Trinajstić information content (AvgIpc) is 2.20. The third-order valence-corrected chi connectivity index (χ3v) is 1.67. The second kappa shape index (κ2) is 5.80.